The van der Waals surface area contributed by atoms with E-state index in [-0.39, 0.29) is 5.56 Å². The second-order valence-electron chi connectivity index (χ2n) is 3.60. The van der Waals surface area contributed by atoms with E-state index in [4.69, 9.17) is 0 Å². The summed E-state index contributed by atoms with van der Waals surface area (Å²) in [4.78, 5) is 14.3. The van der Waals surface area contributed by atoms with E-state index in [1.165, 1.54) is 0 Å². The molecule has 0 saturated carbocycles. The van der Waals surface area contributed by atoms with Crippen LogP contribution in [0.1, 0.15) is 0 Å². The second kappa shape index (κ2) is 3.34. The molecule has 0 spiro atoms. The normalized spacial score (nSPS) is 10.8. The molecule has 0 amide bonds. The summed E-state index contributed by atoms with van der Waals surface area (Å²) >= 11 is 0. The van der Waals surface area contributed by atoms with Gasteiger partial charge in [-0.05, 0) is 23.1 Å². The molecule has 0 atom stereocenters. The fourth-order valence-electron chi connectivity index (χ4n) is 1.77. The van der Waals surface area contributed by atoms with E-state index in [9.17, 15) is 4.79 Å². The van der Waals surface area contributed by atoms with Crippen molar-refractivity contribution in [2.45, 2.75) is 0 Å². The first-order chi connectivity index (χ1) is 7.84. The Hall–Kier alpha value is -2.36. The lowest BCUT2D eigenvalue weighted by atomic mass is 10.1. The van der Waals surface area contributed by atoms with Gasteiger partial charge in [0.2, 0.25) is 0 Å². The molecule has 0 aliphatic rings. The lowest BCUT2D eigenvalue weighted by molar-refractivity contribution is 1.09. The fraction of sp³-hybridized carbons (Fsp3) is 0. The van der Waals surface area contributed by atoms with Crippen molar-refractivity contribution in [1.29, 1.82) is 0 Å². The Morgan fingerprint density at radius 2 is 2.06 bits per heavy atom. The SMILES string of the molecule is O=c1[nH]ccc2ccc(-c3cn[nH]c3)cc12. The quantitative estimate of drug-likeness (QED) is 0.646. The smallest absolute Gasteiger partial charge is 0.255 e. The number of aromatic nitrogens is 3. The monoisotopic (exact) mass is 211 g/mol. The maximum absolute atomic E-state index is 11.6. The molecule has 0 aliphatic heterocycles. The molecule has 0 aliphatic carbocycles. The molecule has 0 fully saturated rings. The van der Waals surface area contributed by atoms with Gasteiger partial charge in [-0.1, -0.05) is 12.1 Å². The highest BCUT2D eigenvalue weighted by molar-refractivity contribution is 5.86. The van der Waals surface area contributed by atoms with Crippen molar-refractivity contribution in [2.24, 2.45) is 0 Å². The van der Waals surface area contributed by atoms with Crippen LogP contribution in [0, 0.1) is 0 Å². The van der Waals surface area contributed by atoms with Gasteiger partial charge >= 0.3 is 0 Å². The van der Waals surface area contributed by atoms with Gasteiger partial charge in [-0.25, -0.2) is 0 Å². The van der Waals surface area contributed by atoms with Crippen LogP contribution >= 0.6 is 0 Å². The van der Waals surface area contributed by atoms with E-state index < -0.39 is 0 Å². The zero-order chi connectivity index (χ0) is 11.0. The van der Waals surface area contributed by atoms with Gasteiger partial charge in [0, 0.05) is 23.3 Å². The molecule has 4 nitrogen and oxygen atoms in total. The highest BCUT2D eigenvalue weighted by Crippen LogP contribution is 2.21. The number of hydrogen-bond acceptors (Lipinski definition) is 2. The van der Waals surface area contributed by atoms with Crippen LogP contribution in [0.25, 0.3) is 21.9 Å². The van der Waals surface area contributed by atoms with Gasteiger partial charge in [0.05, 0.1) is 6.20 Å². The Labute approximate surface area is 90.9 Å². The molecule has 3 aromatic rings. The summed E-state index contributed by atoms with van der Waals surface area (Å²) < 4.78 is 0. The first-order valence-corrected chi connectivity index (χ1v) is 4.95. The van der Waals surface area contributed by atoms with Gasteiger partial charge in [0.1, 0.15) is 0 Å². The molecule has 2 aromatic heterocycles. The summed E-state index contributed by atoms with van der Waals surface area (Å²) in [5.74, 6) is 0. The van der Waals surface area contributed by atoms with Crippen molar-refractivity contribution >= 4 is 10.8 Å². The third kappa shape index (κ3) is 1.32. The Kier molecular flexibility index (Phi) is 1.86. The third-order valence-corrected chi connectivity index (χ3v) is 2.61. The van der Waals surface area contributed by atoms with Gasteiger partial charge in [0.15, 0.2) is 0 Å². The summed E-state index contributed by atoms with van der Waals surface area (Å²) in [5.41, 5.74) is 1.89. The van der Waals surface area contributed by atoms with Crippen LogP contribution in [-0.2, 0) is 0 Å². The molecule has 3 rings (SSSR count). The van der Waals surface area contributed by atoms with Gasteiger partial charge in [-0.2, -0.15) is 5.10 Å². The molecule has 4 heteroatoms. The van der Waals surface area contributed by atoms with Gasteiger partial charge in [-0.15, -0.1) is 0 Å². The van der Waals surface area contributed by atoms with Crippen molar-refractivity contribution in [3.63, 3.8) is 0 Å². The van der Waals surface area contributed by atoms with E-state index in [1.807, 2.05) is 24.3 Å². The summed E-state index contributed by atoms with van der Waals surface area (Å²) in [7, 11) is 0. The van der Waals surface area contributed by atoms with Crippen LogP contribution in [0.4, 0.5) is 0 Å². The standard InChI is InChI=1S/C12H9N3O/c16-12-11-5-9(10-6-14-15-7-10)2-1-8(11)3-4-13-12/h1-7H,(H,13,16)(H,14,15). The van der Waals surface area contributed by atoms with Crippen LogP contribution in [0.3, 0.4) is 0 Å². The average Bonchev–Trinajstić information content (AvgIpc) is 2.83. The molecule has 78 valence electrons. The highest BCUT2D eigenvalue weighted by Gasteiger charge is 2.02. The van der Waals surface area contributed by atoms with E-state index in [2.05, 4.69) is 15.2 Å². The topological polar surface area (TPSA) is 61.5 Å². The number of nitrogens with one attached hydrogen (secondary N) is 2. The minimum atomic E-state index is -0.0668. The first-order valence-electron chi connectivity index (χ1n) is 4.95. The zero-order valence-electron chi connectivity index (χ0n) is 8.40. The van der Waals surface area contributed by atoms with Crippen molar-refractivity contribution in [3.8, 4) is 11.1 Å². The molecule has 2 N–H and O–H groups in total. The number of fused-ring (bicyclic) bond motifs is 1. The van der Waals surface area contributed by atoms with Crippen molar-refractivity contribution < 1.29 is 0 Å². The number of benzene rings is 1. The Balaban J connectivity index is 2.31. The molecular weight excluding hydrogens is 202 g/mol. The number of aromatic amines is 2. The van der Waals surface area contributed by atoms with Crippen molar-refractivity contribution in [2.75, 3.05) is 0 Å². The largest absolute Gasteiger partial charge is 0.329 e. The summed E-state index contributed by atoms with van der Waals surface area (Å²) in [6.45, 7) is 0. The number of nitrogens with zero attached hydrogens (tertiary/aromatic N) is 1. The number of pyridine rings is 1. The van der Waals surface area contributed by atoms with Crippen molar-refractivity contribution in [3.05, 3.63) is 53.2 Å². The minimum Gasteiger partial charge on any atom is -0.329 e. The Bertz CT molecular complexity index is 683. The van der Waals surface area contributed by atoms with E-state index in [0.717, 1.165) is 16.5 Å². The summed E-state index contributed by atoms with van der Waals surface area (Å²) in [6, 6.07) is 7.68. The molecular formula is C12H9N3O. The average molecular weight is 211 g/mol. The molecule has 0 unspecified atom stereocenters. The number of H-pyrrole nitrogens is 2. The van der Waals surface area contributed by atoms with Crippen LogP contribution in [0.5, 0.6) is 0 Å². The Morgan fingerprint density at radius 1 is 1.12 bits per heavy atom. The van der Waals surface area contributed by atoms with Crippen LogP contribution in [0.15, 0.2) is 47.7 Å². The van der Waals surface area contributed by atoms with E-state index in [0.29, 0.717) is 5.39 Å². The Morgan fingerprint density at radius 3 is 2.88 bits per heavy atom. The summed E-state index contributed by atoms with van der Waals surface area (Å²) in [6.07, 6.45) is 5.19. The second-order valence-corrected chi connectivity index (χ2v) is 3.60. The molecule has 0 saturated heterocycles. The molecule has 16 heavy (non-hydrogen) atoms. The predicted molar refractivity (Wildman–Crippen MR) is 62.2 cm³/mol. The van der Waals surface area contributed by atoms with Crippen LogP contribution in [-0.4, -0.2) is 15.2 Å². The van der Waals surface area contributed by atoms with Crippen molar-refractivity contribution in [1.82, 2.24) is 15.2 Å². The number of hydrogen-bond donors (Lipinski definition) is 2. The molecule has 2 heterocycles. The maximum atomic E-state index is 11.6. The van der Waals surface area contributed by atoms with Gasteiger partial charge in [0.25, 0.3) is 5.56 Å². The van der Waals surface area contributed by atoms with Gasteiger partial charge < -0.3 is 4.98 Å². The highest BCUT2D eigenvalue weighted by atomic mass is 16.1. The minimum absolute atomic E-state index is 0.0668. The lowest BCUT2D eigenvalue weighted by Gasteiger charge is -2.00. The fourth-order valence-corrected chi connectivity index (χ4v) is 1.77. The molecule has 1 aromatic carbocycles. The zero-order valence-corrected chi connectivity index (χ0v) is 8.40. The molecule has 0 radical (unpaired) electrons. The number of rotatable bonds is 1. The van der Waals surface area contributed by atoms with Crippen LogP contribution < -0.4 is 5.56 Å². The molecule has 0 bridgehead atoms. The van der Waals surface area contributed by atoms with Crippen LogP contribution in [0.2, 0.25) is 0 Å². The first kappa shape index (κ1) is 8.91. The predicted octanol–water partition coefficient (Wildman–Crippen LogP) is 1.92. The third-order valence-electron chi connectivity index (χ3n) is 2.61. The summed E-state index contributed by atoms with van der Waals surface area (Å²) in [5, 5.41) is 8.28. The van der Waals surface area contributed by atoms with E-state index >= 15 is 0 Å². The van der Waals surface area contributed by atoms with E-state index in [1.54, 1.807) is 18.6 Å². The lowest BCUT2D eigenvalue weighted by Crippen LogP contribution is -2.04. The maximum Gasteiger partial charge on any atom is 0.255 e. The van der Waals surface area contributed by atoms with Gasteiger partial charge in [-0.3, -0.25) is 9.89 Å².